The monoisotopic (exact) mass is 265 g/mol. The standard InChI is InChI=1S/C14H19NO4/c1-8-5-9(2)11(3-4-13(16)17)10(6-8)7-12(15)14(18)19/h5-6,12H,3-4,7,15H2,1-2H3,(H,16,17)(H,18,19)/t12-/m0/s1. The Morgan fingerprint density at radius 3 is 2.42 bits per heavy atom. The summed E-state index contributed by atoms with van der Waals surface area (Å²) in [6.07, 6.45) is 0.634. The molecule has 0 saturated heterocycles. The molecule has 0 aliphatic rings. The Kier molecular flexibility index (Phi) is 5.06. The lowest BCUT2D eigenvalue weighted by molar-refractivity contribution is -0.139. The number of benzene rings is 1. The molecule has 0 unspecified atom stereocenters. The molecule has 0 aromatic heterocycles. The van der Waals surface area contributed by atoms with E-state index in [4.69, 9.17) is 15.9 Å². The maximum absolute atomic E-state index is 10.8. The Hall–Kier alpha value is -1.88. The highest BCUT2D eigenvalue weighted by atomic mass is 16.4. The molecule has 0 heterocycles. The van der Waals surface area contributed by atoms with E-state index in [0.29, 0.717) is 6.42 Å². The number of carboxylic acid groups (broad SMARTS) is 2. The zero-order chi connectivity index (χ0) is 14.6. The van der Waals surface area contributed by atoms with Crippen molar-refractivity contribution in [2.75, 3.05) is 0 Å². The number of aliphatic carboxylic acids is 2. The maximum atomic E-state index is 10.8. The zero-order valence-corrected chi connectivity index (χ0v) is 11.1. The van der Waals surface area contributed by atoms with E-state index in [1.807, 2.05) is 26.0 Å². The summed E-state index contributed by atoms with van der Waals surface area (Å²) >= 11 is 0. The molecular formula is C14H19NO4. The summed E-state index contributed by atoms with van der Waals surface area (Å²) in [5.74, 6) is -1.92. The van der Waals surface area contributed by atoms with Crippen molar-refractivity contribution in [3.63, 3.8) is 0 Å². The molecule has 1 aromatic carbocycles. The first-order chi connectivity index (χ1) is 8.81. The minimum atomic E-state index is -1.05. The minimum Gasteiger partial charge on any atom is -0.481 e. The number of nitrogens with two attached hydrogens (primary N) is 1. The molecule has 1 atom stereocenters. The van der Waals surface area contributed by atoms with E-state index >= 15 is 0 Å². The predicted octanol–water partition coefficient (Wildman–Crippen LogP) is 1.28. The van der Waals surface area contributed by atoms with Crippen LogP contribution in [0.5, 0.6) is 0 Å². The van der Waals surface area contributed by atoms with Crippen molar-refractivity contribution in [2.24, 2.45) is 5.73 Å². The highest BCUT2D eigenvalue weighted by Gasteiger charge is 2.16. The molecule has 5 heteroatoms. The van der Waals surface area contributed by atoms with Gasteiger partial charge < -0.3 is 15.9 Å². The normalized spacial score (nSPS) is 12.2. The fraction of sp³-hybridized carbons (Fsp3) is 0.429. The van der Waals surface area contributed by atoms with Gasteiger partial charge in [-0.25, -0.2) is 0 Å². The van der Waals surface area contributed by atoms with Gasteiger partial charge in [-0.3, -0.25) is 9.59 Å². The van der Waals surface area contributed by atoms with E-state index in [2.05, 4.69) is 0 Å². The summed E-state index contributed by atoms with van der Waals surface area (Å²) in [6, 6.07) is 2.88. The molecule has 0 spiro atoms. The lowest BCUT2D eigenvalue weighted by Crippen LogP contribution is -2.32. The maximum Gasteiger partial charge on any atom is 0.320 e. The second-order valence-electron chi connectivity index (χ2n) is 4.76. The van der Waals surface area contributed by atoms with Gasteiger partial charge in [-0.2, -0.15) is 0 Å². The fourth-order valence-corrected chi connectivity index (χ4v) is 2.18. The molecule has 19 heavy (non-hydrogen) atoms. The van der Waals surface area contributed by atoms with Gasteiger partial charge >= 0.3 is 11.9 Å². The molecule has 0 amide bonds. The van der Waals surface area contributed by atoms with Crippen LogP contribution in [0.15, 0.2) is 12.1 Å². The van der Waals surface area contributed by atoms with Gasteiger partial charge in [-0.1, -0.05) is 17.7 Å². The third-order valence-electron chi connectivity index (χ3n) is 3.06. The third-order valence-corrected chi connectivity index (χ3v) is 3.06. The second-order valence-corrected chi connectivity index (χ2v) is 4.76. The van der Waals surface area contributed by atoms with E-state index in [1.165, 1.54) is 0 Å². The first-order valence-electron chi connectivity index (χ1n) is 6.10. The van der Waals surface area contributed by atoms with Gasteiger partial charge in [0, 0.05) is 6.42 Å². The van der Waals surface area contributed by atoms with Crippen molar-refractivity contribution in [1.29, 1.82) is 0 Å². The fourth-order valence-electron chi connectivity index (χ4n) is 2.18. The summed E-state index contributed by atoms with van der Waals surface area (Å²) in [6.45, 7) is 3.82. The molecule has 1 aromatic rings. The smallest absolute Gasteiger partial charge is 0.320 e. The van der Waals surface area contributed by atoms with Crippen LogP contribution >= 0.6 is 0 Å². The van der Waals surface area contributed by atoms with Crippen LogP contribution < -0.4 is 5.73 Å². The second kappa shape index (κ2) is 6.33. The lowest BCUT2D eigenvalue weighted by atomic mass is 9.92. The summed E-state index contributed by atoms with van der Waals surface area (Å²) in [5, 5.41) is 17.6. The summed E-state index contributed by atoms with van der Waals surface area (Å²) in [7, 11) is 0. The van der Waals surface area contributed by atoms with Crippen LogP contribution in [-0.2, 0) is 22.4 Å². The number of rotatable bonds is 6. The van der Waals surface area contributed by atoms with Crippen LogP contribution in [-0.4, -0.2) is 28.2 Å². The minimum absolute atomic E-state index is 0.0270. The average Bonchev–Trinajstić information content (AvgIpc) is 2.26. The Labute approximate surface area is 112 Å². The van der Waals surface area contributed by atoms with E-state index < -0.39 is 18.0 Å². The molecule has 0 radical (unpaired) electrons. The largest absolute Gasteiger partial charge is 0.481 e. The Balaban J connectivity index is 3.05. The van der Waals surface area contributed by atoms with Crippen molar-refractivity contribution in [3.8, 4) is 0 Å². The number of hydrogen-bond acceptors (Lipinski definition) is 3. The lowest BCUT2D eigenvalue weighted by Gasteiger charge is -2.15. The van der Waals surface area contributed by atoms with Crippen molar-refractivity contribution < 1.29 is 19.8 Å². The third kappa shape index (κ3) is 4.37. The van der Waals surface area contributed by atoms with Crippen LogP contribution in [0.25, 0.3) is 0 Å². The van der Waals surface area contributed by atoms with Crippen molar-refractivity contribution >= 4 is 11.9 Å². The molecule has 0 saturated carbocycles. The highest BCUT2D eigenvalue weighted by Crippen LogP contribution is 2.20. The highest BCUT2D eigenvalue weighted by molar-refractivity contribution is 5.73. The molecule has 0 fully saturated rings. The Bertz CT molecular complexity index is 496. The van der Waals surface area contributed by atoms with Crippen LogP contribution in [0.3, 0.4) is 0 Å². The average molecular weight is 265 g/mol. The molecule has 0 aliphatic heterocycles. The number of carbonyl (C=O) groups is 2. The molecule has 5 nitrogen and oxygen atoms in total. The SMILES string of the molecule is Cc1cc(C)c(CCC(=O)O)c(C[C@H](N)C(=O)O)c1. The van der Waals surface area contributed by atoms with Crippen LogP contribution in [0.1, 0.15) is 28.7 Å². The van der Waals surface area contributed by atoms with Gasteiger partial charge in [0.2, 0.25) is 0 Å². The molecule has 0 aliphatic carbocycles. The van der Waals surface area contributed by atoms with E-state index in [1.54, 1.807) is 0 Å². The molecule has 1 rings (SSSR count). The van der Waals surface area contributed by atoms with Crippen molar-refractivity contribution in [2.45, 2.75) is 39.2 Å². The van der Waals surface area contributed by atoms with Gasteiger partial charge in [-0.15, -0.1) is 0 Å². The van der Waals surface area contributed by atoms with Crippen molar-refractivity contribution in [3.05, 3.63) is 34.4 Å². The number of hydrogen-bond donors (Lipinski definition) is 3. The van der Waals surface area contributed by atoms with E-state index in [-0.39, 0.29) is 12.8 Å². The van der Waals surface area contributed by atoms with Gasteiger partial charge in [0.25, 0.3) is 0 Å². The molecule has 0 bridgehead atoms. The summed E-state index contributed by atoms with van der Waals surface area (Å²) in [5.41, 5.74) is 9.28. The topological polar surface area (TPSA) is 101 Å². The van der Waals surface area contributed by atoms with Crippen LogP contribution in [0.4, 0.5) is 0 Å². The quantitative estimate of drug-likeness (QED) is 0.719. The number of carboxylic acids is 2. The van der Waals surface area contributed by atoms with Crippen LogP contribution in [0.2, 0.25) is 0 Å². The first-order valence-corrected chi connectivity index (χ1v) is 6.10. The molecule has 4 N–H and O–H groups in total. The van der Waals surface area contributed by atoms with Crippen molar-refractivity contribution in [1.82, 2.24) is 0 Å². The Morgan fingerprint density at radius 1 is 1.26 bits per heavy atom. The van der Waals surface area contributed by atoms with Gasteiger partial charge in [0.05, 0.1) is 0 Å². The van der Waals surface area contributed by atoms with Gasteiger partial charge in [0.15, 0.2) is 0 Å². The summed E-state index contributed by atoms with van der Waals surface area (Å²) < 4.78 is 0. The van der Waals surface area contributed by atoms with Crippen LogP contribution in [0, 0.1) is 13.8 Å². The molecule has 104 valence electrons. The van der Waals surface area contributed by atoms with E-state index in [0.717, 1.165) is 22.3 Å². The summed E-state index contributed by atoms with van der Waals surface area (Å²) in [4.78, 5) is 21.5. The predicted molar refractivity (Wildman–Crippen MR) is 71.2 cm³/mol. The molecular weight excluding hydrogens is 246 g/mol. The number of aryl methyl sites for hydroxylation is 2. The van der Waals surface area contributed by atoms with Gasteiger partial charge in [0.1, 0.15) is 6.04 Å². The zero-order valence-electron chi connectivity index (χ0n) is 11.1. The Morgan fingerprint density at radius 2 is 1.89 bits per heavy atom. The van der Waals surface area contributed by atoms with E-state index in [9.17, 15) is 9.59 Å². The van der Waals surface area contributed by atoms with Gasteiger partial charge in [-0.05, 0) is 43.4 Å². The first kappa shape index (κ1) is 15.2.